The van der Waals surface area contributed by atoms with Crippen LogP contribution in [0, 0.1) is 11.7 Å². The van der Waals surface area contributed by atoms with Crippen molar-refractivity contribution in [3.8, 4) is 5.75 Å². The molecule has 0 bridgehead atoms. The van der Waals surface area contributed by atoms with E-state index in [-0.39, 0.29) is 5.82 Å². The third-order valence-electron chi connectivity index (χ3n) is 2.54. The van der Waals surface area contributed by atoms with Crippen molar-refractivity contribution in [3.05, 3.63) is 17.9 Å². The fourth-order valence-corrected chi connectivity index (χ4v) is 2.17. The maximum Gasteiger partial charge on any atom is 0.143 e. The number of halogens is 1. The molecule has 2 nitrogen and oxygen atoms in total. The van der Waals surface area contributed by atoms with Gasteiger partial charge in [0.15, 0.2) is 0 Å². The molecule has 0 radical (unpaired) electrons. The Balaban J connectivity index is 2.96. The molecule has 0 saturated heterocycles. The van der Waals surface area contributed by atoms with Crippen molar-refractivity contribution in [2.24, 2.45) is 5.92 Å². The van der Waals surface area contributed by atoms with Crippen LogP contribution in [0.4, 0.5) is 10.1 Å². The molecule has 2 N–H and O–H groups in total. The van der Waals surface area contributed by atoms with Gasteiger partial charge in [-0.05, 0) is 12.0 Å². The molecule has 0 amide bonds. The molecule has 1 rings (SSSR count). The average Bonchev–Trinajstić information content (AvgIpc) is 2.21. The summed E-state index contributed by atoms with van der Waals surface area (Å²) >= 11 is 1.51. The minimum Gasteiger partial charge on any atom is -0.495 e. The van der Waals surface area contributed by atoms with Crippen LogP contribution in [0.1, 0.15) is 20.8 Å². The van der Waals surface area contributed by atoms with Crippen LogP contribution in [-0.4, -0.2) is 12.4 Å². The highest BCUT2D eigenvalue weighted by Crippen LogP contribution is 2.35. The van der Waals surface area contributed by atoms with Crippen LogP contribution in [0.3, 0.4) is 0 Å². The predicted molar refractivity (Wildman–Crippen MR) is 67.5 cm³/mol. The topological polar surface area (TPSA) is 35.2 Å². The SMILES string of the molecule is COc1cc(SC(C)C(C)C)c(F)cc1N. The van der Waals surface area contributed by atoms with Gasteiger partial charge in [-0.25, -0.2) is 4.39 Å². The highest BCUT2D eigenvalue weighted by Gasteiger charge is 2.14. The van der Waals surface area contributed by atoms with Crippen LogP contribution < -0.4 is 10.5 Å². The molecular formula is C12H18FNOS. The molecule has 0 aliphatic carbocycles. The monoisotopic (exact) mass is 243 g/mol. The molecule has 1 unspecified atom stereocenters. The zero-order chi connectivity index (χ0) is 12.3. The van der Waals surface area contributed by atoms with Gasteiger partial charge in [0.1, 0.15) is 11.6 Å². The summed E-state index contributed by atoms with van der Waals surface area (Å²) in [4.78, 5) is 0.590. The normalized spacial score (nSPS) is 12.9. The summed E-state index contributed by atoms with van der Waals surface area (Å²) in [6.45, 7) is 6.31. The minimum atomic E-state index is -0.282. The van der Waals surface area contributed by atoms with Gasteiger partial charge in [0.2, 0.25) is 0 Å². The van der Waals surface area contributed by atoms with Crippen LogP contribution >= 0.6 is 11.8 Å². The molecule has 0 aromatic heterocycles. The molecule has 0 saturated carbocycles. The quantitative estimate of drug-likeness (QED) is 0.648. The molecule has 1 aromatic rings. The van der Waals surface area contributed by atoms with E-state index in [1.54, 1.807) is 6.07 Å². The van der Waals surface area contributed by atoms with Crippen LogP contribution in [-0.2, 0) is 0 Å². The van der Waals surface area contributed by atoms with E-state index in [2.05, 4.69) is 20.8 Å². The Morgan fingerprint density at radius 1 is 1.31 bits per heavy atom. The summed E-state index contributed by atoms with van der Waals surface area (Å²) in [6.07, 6.45) is 0. The van der Waals surface area contributed by atoms with Gasteiger partial charge in [-0.1, -0.05) is 20.8 Å². The number of hydrogen-bond donors (Lipinski definition) is 1. The van der Waals surface area contributed by atoms with Crippen LogP contribution in [0.2, 0.25) is 0 Å². The van der Waals surface area contributed by atoms with E-state index in [0.717, 1.165) is 0 Å². The first-order valence-corrected chi connectivity index (χ1v) is 6.13. The maximum atomic E-state index is 13.6. The zero-order valence-electron chi connectivity index (χ0n) is 10.1. The number of rotatable bonds is 4. The number of ether oxygens (including phenoxy) is 1. The fraction of sp³-hybridized carbons (Fsp3) is 0.500. The molecule has 0 aliphatic rings. The van der Waals surface area contributed by atoms with E-state index in [1.807, 2.05) is 0 Å². The van der Waals surface area contributed by atoms with Gasteiger partial charge < -0.3 is 10.5 Å². The van der Waals surface area contributed by atoms with Crippen molar-refractivity contribution < 1.29 is 9.13 Å². The van der Waals surface area contributed by atoms with Crippen molar-refractivity contribution in [3.63, 3.8) is 0 Å². The highest BCUT2D eigenvalue weighted by atomic mass is 32.2. The van der Waals surface area contributed by atoms with Gasteiger partial charge in [-0.2, -0.15) is 0 Å². The third-order valence-corrected chi connectivity index (χ3v) is 4.02. The van der Waals surface area contributed by atoms with Crippen LogP contribution in [0.15, 0.2) is 17.0 Å². The maximum absolute atomic E-state index is 13.6. The lowest BCUT2D eigenvalue weighted by molar-refractivity contribution is 0.414. The zero-order valence-corrected chi connectivity index (χ0v) is 10.9. The first-order chi connectivity index (χ1) is 7.45. The lowest BCUT2D eigenvalue weighted by atomic mass is 10.2. The van der Waals surface area contributed by atoms with E-state index in [4.69, 9.17) is 10.5 Å². The lowest BCUT2D eigenvalue weighted by Gasteiger charge is -2.16. The molecule has 1 aromatic carbocycles. The van der Waals surface area contributed by atoms with Crippen molar-refractivity contribution in [1.82, 2.24) is 0 Å². The van der Waals surface area contributed by atoms with Gasteiger partial charge in [-0.15, -0.1) is 11.8 Å². The van der Waals surface area contributed by atoms with Crippen molar-refractivity contribution in [2.75, 3.05) is 12.8 Å². The molecule has 16 heavy (non-hydrogen) atoms. The van der Waals surface area contributed by atoms with Crippen molar-refractivity contribution in [2.45, 2.75) is 30.9 Å². The number of nitrogens with two attached hydrogens (primary N) is 1. The first-order valence-electron chi connectivity index (χ1n) is 5.25. The summed E-state index contributed by atoms with van der Waals surface area (Å²) in [7, 11) is 1.53. The highest BCUT2D eigenvalue weighted by molar-refractivity contribution is 8.00. The molecule has 0 heterocycles. The average molecular weight is 243 g/mol. The number of thioether (sulfide) groups is 1. The third kappa shape index (κ3) is 3.04. The second-order valence-corrected chi connectivity index (χ2v) is 5.51. The summed E-state index contributed by atoms with van der Waals surface area (Å²) in [5.41, 5.74) is 5.95. The molecule has 4 heteroatoms. The van der Waals surface area contributed by atoms with Gasteiger partial charge in [0.25, 0.3) is 0 Å². The Morgan fingerprint density at radius 3 is 2.44 bits per heavy atom. The Labute approximate surface area is 100 Å². The standard InChI is InChI=1S/C12H18FNOS/c1-7(2)8(3)16-12-6-11(15-4)10(14)5-9(12)13/h5-8H,14H2,1-4H3. The Hall–Kier alpha value is -0.900. The molecule has 90 valence electrons. The van der Waals surface area contributed by atoms with Gasteiger partial charge in [-0.3, -0.25) is 0 Å². The predicted octanol–water partition coefficient (Wildman–Crippen LogP) is 3.55. The van der Waals surface area contributed by atoms with Gasteiger partial charge in [0, 0.05) is 16.2 Å². The summed E-state index contributed by atoms with van der Waals surface area (Å²) in [5, 5.41) is 0.350. The summed E-state index contributed by atoms with van der Waals surface area (Å²) in [6, 6.07) is 2.97. The van der Waals surface area contributed by atoms with Crippen LogP contribution in [0.5, 0.6) is 5.75 Å². The molecular weight excluding hydrogens is 225 g/mol. The number of anilines is 1. The van der Waals surface area contributed by atoms with E-state index in [0.29, 0.717) is 27.5 Å². The van der Waals surface area contributed by atoms with E-state index in [9.17, 15) is 4.39 Å². The minimum absolute atomic E-state index is 0.282. The second kappa shape index (κ2) is 5.43. The number of methoxy groups -OCH3 is 1. The lowest BCUT2D eigenvalue weighted by Crippen LogP contribution is -2.06. The van der Waals surface area contributed by atoms with E-state index < -0.39 is 0 Å². The van der Waals surface area contributed by atoms with Crippen LogP contribution in [0.25, 0.3) is 0 Å². The number of nitrogen functional groups attached to an aromatic ring is 1. The Kier molecular flexibility index (Phi) is 4.47. The number of hydrogen-bond acceptors (Lipinski definition) is 3. The smallest absolute Gasteiger partial charge is 0.143 e. The van der Waals surface area contributed by atoms with Crippen molar-refractivity contribution in [1.29, 1.82) is 0 Å². The largest absolute Gasteiger partial charge is 0.495 e. The summed E-state index contributed by atoms with van der Waals surface area (Å²) < 4.78 is 18.7. The molecule has 0 fully saturated rings. The fourth-order valence-electron chi connectivity index (χ4n) is 1.15. The molecule has 0 aliphatic heterocycles. The summed E-state index contributed by atoms with van der Waals surface area (Å²) in [5.74, 6) is 0.739. The van der Waals surface area contributed by atoms with Crippen molar-refractivity contribution >= 4 is 17.4 Å². The first kappa shape index (κ1) is 13.2. The Bertz CT molecular complexity index is 368. The molecule has 1 atom stereocenters. The van der Waals surface area contributed by atoms with E-state index in [1.165, 1.54) is 24.9 Å². The molecule has 0 spiro atoms. The van der Waals surface area contributed by atoms with Gasteiger partial charge in [0.05, 0.1) is 12.8 Å². The van der Waals surface area contributed by atoms with E-state index >= 15 is 0 Å². The Morgan fingerprint density at radius 2 is 1.94 bits per heavy atom. The second-order valence-electron chi connectivity index (χ2n) is 4.09. The van der Waals surface area contributed by atoms with Gasteiger partial charge >= 0.3 is 0 Å². The number of benzene rings is 1.